The summed E-state index contributed by atoms with van der Waals surface area (Å²) in [5.74, 6) is 0.423. The van der Waals surface area contributed by atoms with Gasteiger partial charge in [-0.15, -0.1) is 0 Å². The van der Waals surface area contributed by atoms with Crippen LogP contribution >= 0.6 is 0 Å². The molecule has 0 heterocycles. The Morgan fingerprint density at radius 1 is 1.58 bits per heavy atom. The summed E-state index contributed by atoms with van der Waals surface area (Å²) < 4.78 is 0. The lowest BCUT2D eigenvalue weighted by molar-refractivity contribution is 0.224. The minimum Gasteiger partial charge on any atom is -0.396 e. The van der Waals surface area contributed by atoms with Gasteiger partial charge in [0.2, 0.25) is 0 Å². The van der Waals surface area contributed by atoms with Crippen LogP contribution in [0, 0.1) is 11.3 Å². The van der Waals surface area contributed by atoms with Crippen molar-refractivity contribution in [2.75, 3.05) is 6.61 Å². The maximum Gasteiger partial charge on any atom is 0.0496 e. The van der Waals surface area contributed by atoms with Gasteiger partial charge in [-0.3, -0.25) is 0 Å². The van der Waals surface area contributed by atoms with E-state index >= 15 is 0 Å². The second-order valence-corrected chi connectivity index (χ2v) is 4.73. The largest absolute Gasteiger partial charge is 0.396 e. The highest BCUT2D eigenvalue weighted by molar-refractivity contribution is 5.07. The molecule has 70 valence electrons. The van der Waals surface area contributed by atoms with E-state index in [9.17, 15) is 0 Å². The Balaban J connectivity index is 2.66. The third-order valence-corrected chi connectivity index (χ3v) is 3.01. The summed E-state index contributed by atoms with van der Waals surface area (Å²) in [5.41, 5.74) is 1.81. The van der Waals surface area contributed by atoms with E-state index in [1.807, 2.05) is 0 Å². The summed E-state index contributed by atoms with van der Waals surface area (Å²) in [7, 11) is 0. The lowest BCUT2D eigenvalue weighted by atomic mass is 9.84. The molecular formula is C11H20O. The van der Waals surface area contributed by atoms with E-state index in [0.29, 0.717) is 17.9 Å². The lowest BCUT2D eigenvalue weighted by Crippen LogP contribution is -2.11. The van der Waals surface area contributed by atoms with E-state index in [4.69, 9.17) is 5.11 Å². The van der Waals surface area contributed by atoms with Crippen molar-refractivity contribution >= 4 is 0 Å². The zero-order valence-corrected chi connectivity index (χ0v) is 8.43. The topological polar surface area (TPSA) is 20.2 Å². The first-order valence-corrected chi connectivity index (χ1v) is 4.83. The lowest BCUT2D eigenvalue weighted by Gasteiger charge is -2.21. The Morgan fingerprint density at radius 3 is 2.83 bits per heavy atom. The fourth-order valence-electron chi connectivity index (χ4n) is 1.73. The second kappa shape index (κ2) is 3.61. The van der Waals surface area contributed by atoms with Crippen molar-refractivity contribution in [1.82, 2.24) is 0 Å². The van der Waals surface area contributed by atoms with E-state index in [2.05, 4.69) is 26.8 Å². The minimum absolute atomic E-state index is 0.318. The van der Waals surface area contributed by atoms with Gasteiger partial charge in [0.15, 0.2) is 0 Å². The molecule has 0 fully saturated rings. The van der Waals surface area contributed by atoms with E-state index in [0.717, 1.165) is 12.8 Å². The van der Waals surface area contributed by atoms with Gasteiger partial charge in [0.1, 0.15) is 0 Å². The summed E-state index contributed by atoms with van der Waals surface area (Å²) in [5, 5.41) is 9.12. The van der Waals surface area contributed by atoms with Crippen LogP contribution in [0.1, 0.15) is 40.0 Å². The van der Waals surface area contributed by atoms with E-state index in [1.165, 1.54) is 12.0 Å². The standard InChI is InChI=1S/C11H20O/c1-9-4-6-11(2,3)7-5-10(9)8-12/h4,10,12H,5-8H2,1-3H3. The fraction of sp³-hybridized carbons (Fsp3) is 0.818. The van der Waals surface area contributed by atoms with Crippen molar-refractivity contribution in [3.05, 3.63) is 11.6 Å². The summed E-state index contributed by atoms with van der Waals surface area (Å²) >= 11 is 0. The fourth-order valence-corrected chi connectivity index (χ4v) is 1.73. The molecule has 0 aromatic rings. The number of allylic oxidation sites excluding steroid dienone is 1. The van der Waals surface area contributed by atoms with Gasteiger partial charge in [0.25, 0.3) is 0 Å². The molecule has 12 heavy (non-hydrogen) atoms. The molecule has 1 N–H and O–H groups in total. The van der Waals surface area contributed by atoms with Crippen molar-refractivity contribution in [3.8, 4) is 0 Å². The van der Waals surface area contributed by atoms with Crippen LogP contribution < -0.4 is 0 Å². The van der Waals surface area contributed by atoms with Gasteiger partial charge in [-0.1, -0.05) is 25.5 Å². The summed E-state index contributed by atoms with van der Waals surface area (Å²) in [6, 6.07) is 0. The molecule has 0 radical (unpaired) electrons. The minimum atomic E-state index is 0.318. The Hall–Kier alpha value is -0.300. The number of aliphatic hydroxyl groups is 1. The van der Waals surface area contributed by atoms with Gasteiger partial charge < -0.3 is 5.11 Å². The van der Waals surface area contributed by atoms with Crippen LogP contribution in [0.15, 0.2) is 11.6 Å². The molecule has 0 amide bonds. The molecule has 0 aromatic heterocycles. The zero-order valence-electron chi connectivity index (χ0n) is 8.43. The zero-order chi connectivity index (χ0) is 9.19. The van der Waals surface area contributed by atoms with Gasteiger partial charge in [-0.25, -0.2) is 0 Å². The molecule has 1 rings (SSSR count). The van der Waals surface area contributed by atoms with Gasteiger partial charge in [-0.05, 0) is 31.6 Å². The molecule has 1 unspecified atom stereocenters. The average Bonchev–Trinajstić information content (AvgIpc) is 2.13. The number of hydrogen-bond donors (Lipinski definition) is 1. The molecular weight excluding hydrogens is 148 g/mol. The van der Waals surface area contributed by atoms with E-state index < -0.39 is 0 Å². The Morgan fingerprint density at radius 2 is 2.25 bits per heavy atom. The van der Waals surface area contributed by atoms with Gasteiger partial charge >= 0.3 is 0 Å². The molecule has 1 aliphatic carbocycles. The monoisotopic (exact) mass is 168 g/mol. The summed E-state index contributed by atoms with van der Waals surface area (Å²) in [6.07, 6.45) is 5.83. The predicted molar refractivity (Wildman–Crippen MR) is 52.0 cm³/mol. The van der Waals surface area contributed by atoms with Crippen LogP contribution in [0.2, 0.25) is 0 Å². The van der Waals surface area contributed by atoms with Gasteiger partial charge in [-0.2, -0.15) is 0 Å². The molecule has 0 aliphatic heterocycles. The van der Waals surface area contributed by atoms with Crippen LogP contribution in [0.4, 0.5) is 0 Å². The maximum absolute atomic E-state index is 9.12. The number of hydrogen-bond acceptors (Lipinski definition) is 1. The van der Waals surface area contributed by atoms with E-state index in [-0.39, 0.29) is 0 Å². The molecule has 1 aliphatic rings. The highest BCUT2D eigenvalue weighted by Gasteiger charge is 2.23. The second-order valence-electron chi connectivity index (χ2n) is 4.73. The van der Waals surface area contributed by atoms with E-state index in [1.54, 1.807) is 0 Å². The van der Waals surface area contributed by atoms with Crippen molar-refractivity contribution in [2.45, 2.75) is 40.0 Å². The molecule has 1 atom stereocenters. The molecule has 0 aromatic carbocycles. The molecule has 1 nitrogen and oxygen atoms in total. The molecule has 0 saturated carbocycles. The normalized spacial score (nSPS) is 29.3. The third kappa shape index (κ3) is 2.34. The van der Waals surface area contributed by atoms with Crippen molar-refractivity contribution in [2.24, 2.45) is 11.3 Å². The predicted octanol–water partition coefficient (Wildman–Crippen LogP) is 2.75. The summed E-state index contributed by atoms with van der Waals surface area (Å²) in [6.45, 7) is 7.06. The van der Waals surface area contributed by atoms with Crippen LogP contribution in [-0.2, 0) is 0 Å². The summed E-state index contributed by atoms with van der Waals surface area (Å²) in [4.78, 5) is 0. The Kier molecular flexibility index (Phi) is 2.94. The van der Waals surface area contributed by atoms with Crippen molar-refractivity contribution in [1.29, 1.82) is 0 Å². The first-order chi connectivity index (χ1) is 5.55. The van der Waals surface area contributed by atoms with Crippen LogP contribution in [-0.4, -0.2) is 11.7 Å². The van der Waals surface area contributed by atoms with Gasteiger partial charge in [0.05, 0.1) is 0 Å². The third-order valence-electron chi connectivity index (χ3n) is 3.01. The molecule has 1 heteroatoms. The SMILES string of the molecule is CC1=CCC(C)(C)CCC1CO. The number of rotatable bonds is 1. The van der Waals surface area contributed by atoms with Gasteiger partial charge in [0, 0.05) is 12.5 Å². The first kappa shape index (κ1) is 9.79. The Labute approximate surface area is 75.5 Å². The smallest absolute Gasteiger partial charge is 0.0496 e. The average molecular weight is 168 g/mol. The Bertz CT molecular complexity index is 179. The van der Waals surface area contributed by atoms with Crippen molar-refractivity contribution in [3.63, 3.8) is 0 Å². The maximum atomic E-state index is 9.12. The first-order valence-electron chi connectivity index (χ1n) is 4.83. The molecule has 0 spiro atoms. The highest BCUT2D eigenvalue weighted by Crippen LogP contribution is 2.35. The highest BCUT2D eigenvalue weighted by atomic mass is 16.3. The quantitative estimate of drug-likeness (QED) is 0.597. The number of aliphatic hydroxyl groups excluding tert-OH is 1. The van der Waals surface area contributed by atoms with Crippen molar-refractivity contribution < 1.29 is 5.11 Å². The molecule has 0 saturated heterocycles. The molecule has 0 bridgehead atoms. The van der Waals surface area contributed by atoms with Crippen LogP contribution in [0.25, 0.3) is 0 Å². The van der Waals surface area contributed by atoms with Crippen LogP contribution in [0.5, 0.6) is 0 Å². The van der Waals surface area contributed by atoms with Crippen LogP contribution in [0.3, 0.4) is 0 Å².